The van der Waals surface area contributed by atoms with Gasteiger partial charge in [-0.15, -0.1) is 0 Å². The van der Waals surface area contributed by atoms with Crippen molar-refractivity contribution in [1.82, 2.24) is 15.2 Å². The number of halogens is 1. The van der Waals surface area contributed by atoms with Crippen LogP contribution in [0.2, 0.25) is 0 Å². The minimum atomic E-state index is 0.468. The van der Waals surface area contributed by atoms with Crippen molar-refractivity contribution in [1.29, 1.82) is 0 Å². The molecule has 0 spiro atoms. The smallest absolute Gasteiger partial charge is 0.213 e. The van der Waals surface area contributed by atoms with Gasteiger partial charge in [0.05, 0.1) is 0 Å². The summed E-state index contributed by atoms with van der Waals surface area (Å²) in [6.45, 7) is 2.03. The Labute approximate surface area is 94.7 Å². The van der Waals surface area contributed by atoms with Gasteiger partial charge in [0.25, 0.3) is 0 Å². The molecule has 3 nitrogen and oxygen atoms in total. The Balaban J connectivity index is 2.67. The Hall–Kier alpha value is -0.940. The lowest BCUT2D eigenvalue weighted by molar-refractivity contribution is 1.08. The molecule has 2 aromatic rings. The third kappa shape index (κ3) is 1.65. The molecule has 0 amide bonds. The fraction of sp³-hybridized carbons (Fsp3) is 0.111. The minimum Gasteiger partial charge on any atom is -0.282 e. The highest BCUT2D eigenvalue weighted by Gasteiger charge is 2.08. The van der Waals surface area contributed by atoms with Gasteiger partial charge in [0.15, 0.2) is 5.82 Å². The normalized spacial score (nSPS) is 10.4. The summed E-state index contributed by atoms with van der Waals surface area (Å²) in [5.41, 5.74) is 2.19. The first kappa shape index (κ1) is 9.61. The topological polar surface area (TPSA) is 44.5 Å². The molecule has 0 bridgehead atoms. The fourth-order valence-electron chi connectivity index (χ4n) is 1.32. The third-order valence-electron chi connectivity index (χ3n) is 1.96. The molecule has 0 saturated carbocycles. The molecular formula is C9H8BrN3S. The van der Waals surface area contributed by atoms with E-state index in [2.05, 4.69) is 31.1 Å². The summed E-state index contributed by atoms with van der Waals surface area (Å²) < 4.78 is 1.48. The molecule has 1 aromatic carbocycles. The molecule has 5 heteroatoms. The molecule has 0 saturated heterocycles. The molecule has 0 aliphatic heterocycles. The molecular weight excluding hydrogens is 262 g/mol. The average molecular weight is 270 g/mol. The average Bonchev–Trinajstić information content (AvgIpc) is 2.51. The van der Waals surface area contributed by atoms with E-state index in [1.54, 1.807) is 0 Å². The van der Waals surface area contributed by atoms with E-state index < -0.39 is 0 Å². The molecule has 2 rings (SSSR count). The van der Waals surface area contributed by atoms with E-state index in [9.17, 15) is 0 Å². The Morgan fingerprint density at radius 3 is 2.71 bits per heavy atom. The number of benzene rings is 1. The molecule has 0 unspecified atom stereocenters. The van der Waals surface area contributed by atoms with Crippen LogP contribution < -0.4 is 0 Å². The monoisotopic (exact) mass is 269 g/mol. The molecule has 1 heterocycles. The molecule has 72 valence electrons. The van der Waals surface area contributed by atoms with E-state index in [-0.39, 0.29) is 0 Å². The van der Waals surface area contributed by atoms with Gasteiger partial charge in [-0.25, -0.2) is 0 Å². The second kappa shape index (κ2) is 3.67. The molecule has 0 aliphatic rings. The third-order valence-corrected chi connectivity index (χ3v) is 2.81. The molecule has 1 aromatic heterocycles. The number of aromatic nitrogens is 3. The van der Waals surface area contributed by atoms with Gasteiger partial charge in [-0.05, 0) is 30.8 Å². The van der Waals surface area contributed by atoms with E-state index in [0.29, 0.717) is 4.77 Å². The number of nitrogens with one attached hydrogen (secondary N) is 2. The van der Waals surface area contributed by atoms with Crippen LogP contribution in [0.25, 0.3) is 11.4 Å². The minimum absolute atomic E-state index is 0.468. The predicted octanol–water partition coefficient (Wildman–Crippen LogP) is 3.21. The fourth-order valence-corrected chi connectivity index (χ4v) is 2.12. The summed E-state index contributed by atoms with van der Waals surface area (Å²) in [6, 6.07) is 6.00. The van der Waals surface area contributed by atoms with Crippen molar-refractivity contribution >= 4 is 28.1 Å². The predicted molar refractivity (Wildman–Crippen MR) is 61.6 cm³/mol. The highest BCUT2D eigenvalue weighted by atomic mass is 79.9. The highest BCUT2D eigenvalue weighted by molar-refractivity contribution is 9.10. The maximum atomic E-state index is 4.91. The second-order valence-corrected chi connectivity index (χ2v) is 4.19. The van der Waals surface area contributed by atoms with Crippen LogP contribution in [-0.2, 0) is 0 Å². The van der Waals surface area contributed by atoms with E-state index in [1.165, 1.54) is 0 Å². The first-order chi connectivity index (χ1) is 6.68. The van der Waals surface area contributed by atoms with Crippen LogP contribution >= 0.6 is 28.1 Å². The van der Waals surface area contributed by atoms with Crippen molar-refractivity contribution in [3.8, 4) is 11.4 Å². The van der Waals surface area contributed by atoms with Crippen molar-refractivity contribution in [2.24, 2.45) is 0 Å². The van der Waals surface area contributed by atoms with Crippen LogP contribution in [0.15, 0.2) is 22.7 Å². The highest BCUT2D eigenvalue weighted by Crippen LogP contribution is 2.28. The van der Waals surface area contributed by atoms with Gasteiger partial charge in [0.1, 0.15) is 0 Å². The zero-order valence-corrected chi connectivity index (χ0v) is 9.87. The van der Waals surface area contributed by atoms with Gasteiger partial charge in [-0.3, -0.25) is 10.2 Å². The quantitative estimate of drug-likeness (QED) is 0.781. The van der Waals surface area contributed by atoms with Crippen LogP contribution in [-0.4, -0.2) is 15.2 Å². The zero-order chi connectivity index (χ0) is 10.1. The standard InChI is InChI=1S/C9H8BrN3S/c1-5-3-2-4-6(10)7(5)8-11-9(14)13-12-8/h2-4H,1H3,(H2,11,12,13,14). The van der Waals surface area contributed by atoms with Crippen LogP contribution in [0.4, 0.5) is 0 Å². The van der Waals surface area contributed by atoms with Crippen molar-refractivity contribution in [2.45, 2.75) is 6.92 Å². The van der Waals surface area contributed by atoms with Crippen molar-refractivity contribution in [3.05, 3.63) is 33.0 Å². The lowest BCUT2D eigenvalue weighted by Crippen LogP contribution is -1.86. The maximum absolute atomic E-state index is 4.91. The number of rotatable bonds is 1. The van der Waals surface area contributed by atoms with Crippen LogP contribution in [0.3, 0.4) is 0 Å². The van der Waals surface area contributed by atoms with Crippen molar-refractivity contribution < 1.29 is 0 Å². The summed E-state index contributed by atoms with van der Waals surface area (Å²) in [7, 11) is 0. The van der Waals surface area contributed by atoms with Crippen molar-refractivity contribution in [3.63, 3.8) is 0 Å². The lowest BCUT2D eigenvalue weighted by atomic mass is 10.1. The number of hydrogen-bond donors (Lipinski definition) is 2. The second-order valence-electron chi connectivity index (χ2n) is 2.95. The number of aryl methyl sites for hydroxylation is 1. The van der Waals surface area contributed by atoms with Crippen LogP contribution in [0, 0.1) is 11.7 Å². The van der Waals surface area contributed by atoms with Crippen LogP contribution in [0.1, 0.15) is 5.56 Å². The Bertz CT molecular complexity index is 495. The Morgan fingerprint density at radius 1 is 1.36 bits per heavy atom. The summed E-state index contributed by atoms with van der Waals surface area (Å²) >= 11 is 8.39. The van der Waals surface area contributed by atoms with E-state index in [0.717, 1.165) is 21.4 Å². The molecule has 14 heavy (non-hydrogen) atoms. The van der Waals surface area contributed by atoms with Gasteiger partial charge in [0.2, 0.25) is 4.77 Å². The SMILES string of the molecule is Cc1cccc(Br)c1-c1nc(=S)[nH][nH]1. The Kier molecular flexibility index (Phi) is 2.52. The number of nitrogens with zero attached hydrogens (tertiary/aromatic N) is 1. The van der Waals surface area contributed by atoms with Crippen LogP contribution in [0.5, 0.6) is 0 Å². The first-order valence-electron chi connectivity index (χ1n) is 4.08. The maximum Gasteiger partial charge on any atom is 0.213 e. The number of H-pyrrole nitrogens is 2. The summed E-state index contributed by atoms with van der Waals surface area (Å²) in [4.78, 5) is 4.18. The van der Waals surface area contributed by atoms with E-state index in [4.69, 9.17) is 12.2 Å². The van der Waals surface area contributed by atoms with Gasteiger partial charge >= 0.3 is 0 Å². The number of hydrogen-bond acceptors (Lipinski definition) is 2. The molecule has 0 aliphatic carbocycles. The zero-order valence-electron chi connectivity index (χ0n) is 7.47. The van der Waals surface area contributed by atoms with E-state index >= 15 is 0 Å². The molecule has 0 fully saturated rings. The molecule has 0 radical (unpaired) electrons. The summed E-state index contributed by atoms with van der Waals surface area (Å²) in [5, 5.41) is 5.71. The van der Waals surface area contributed by atoms with Crippen molar-refractivity contribution in [2.75, 3.05) is 0 Å². The summed E-state index contributed by atoms with van der Waals surface area (Å²) in [6.07, 6.45) is 0. The number of aromatic amines is 2. The van der Waals surface area contributed by atoms with Gasteiger partial charge in [-0.2, -0.15) is 4.98 Å². The first-order valence-corrected chi connectivity index (χ1v) is 5.29. The van der Waals surface area contributed by atoms with E-state index in [1.807, 2.05) is 25.1 Å². The van der Waals surface area contributed by atoms with Gasteiger partial charge < -0.3 is 0 Å². The summed E-state index contributed by atoms with van der Waals surface area (Å²) in [5.74, 6) is 0.764. The largest absolute Gasteiger partial charge is 0.282 e. The molecule has 0 atom stereocenters. The Morgan fingerprint density at radius 2 is 2.14 bits per heavy atom. The van der Waals surface area contributed by atoms with Gasteiger partial charge in [-0.1, -0.05) is 28.1 Å². The lowest BCUT2D eigenvalue weighted by Gasteiger charge is -2.03. The molecule has 2 N–H and O–H groups in total. The van der Waals surface area contributed by atoms with Gasteiger partial charge in [0, 0.05) is 10.0 Å².